The molecule has 0 aromatic carbocycles. The Morgan fingerprint density at radius 1 is 0.630 bits per heavy atom. The quantitative estimate of drug-likeness (QED) is 0.175. The monoisotopic (exact) mass is 406 g/mol. The summed E-state index contributed by atoms with van der Waals surface area (Å²) in [4.78, 5) is 0. The van der Waals surface area contributed by atoms with Gasteiger partial charge in [0.15, 0.2) is 0 Å². The zero-order chi connectivity index (χ0) is 20.4. The highest BCUT2D eigenvalue weighted by molar-refractivity contribution is 7.86. The third kappa shape index (κ3) is 17.7. The molecule has 0 heterocycles. The van der Waals surface area contributed by atoms with Crippen molar-refractivity contribution in [2.75, 3.05) is 0 Å². The Morgan fingerprint density at radius 3 is 1.37 bits per heavy atom. The van der Waals surface area contributed by atoms with E-state index in [0.29, 0.717) is 12.8 Å². The van der Waals surface area contributed by atoms with Crippen molar-refractivity contribution in [1.82, 2.24) is 0 Å². The molecule has 0 amide bonds. The summed E-state index contributed by atoms with van der Waals surface area (Å²) in [5.41, 5.74) is 0. The van der Waals surface area contributed by atoms with Crippen LogP contribution in [0.25, 0.3) is 0 Å². The van der Waals surface area contributed by atoms with Gasteiger partial charge in [-0.05, 0) is 25.7 Å². The fourth-order valence-corrected chi connectivity index (χ4v) is 4.54. The SMILES string of the molecule is CCCCCCCCCC(CCCCCCCCCC(O)CC)S(=O)(=O)O. The van der Waals surface area contributed by atoms with Crippen molar-refractivity contribution >= 4 is 10.1 Å². The van der Waals surface area contributed by atoms with Gasteiger partial charge in [0, 0.05) is 0 Å². The largest absolute Gasteiger partial charge is 0.393 e. The molecule has 0 bridgehead atoms. The Morgan fingerprint density at radius 2 is 1.00 bits per heavy atom. The normalized spacial score (nSPS) is 14.4. The first-order valence-corrected chi connectivity index (χ1v) is 13.1. The standard InChI is InChI=1S/C22H46O4S/c1-3-5-6-7-9-13-16-19-22(27(24,25)26)20-17-14-11-8-10-12-15-18-21(23)4-2/h21-23H,3-20H2,1-2H3,(H,24,25,26). The molecule has 0 aliphatic rings. The first-order valence-electron chi connectivity index (χ1n) is 11.6. The number of hydrogen-bond donors (Lipinski definition) is 2. The van der Waals surface area contributed by atoms with E-state index in [1.54, 1.807) is 0 Å². The number of aliphatic hydroxyl groups excluding tert-OH is 1. The van der Waals surface area contributed by atoms with Crippen LogP contribution in [0.5, 0.6) is 0 Å². The van der Waals surface area contributed by atoms with Gasteiger partial charge < -0.3 is 5.11 Å². The smallest absolute Gasteiger partial charge is 0.267 e. The van der Waals surface area contributed by atoms with Gasteiger partial charge in [0.05, 0.1) is 11.4 Å². The van der Waals surface area contributed by atoms with Gasteiger partial charge in [-0.1, -0.05) is 104 Å². The molecule has 27 heavy (non-hydrogen) atoms. The highest BCUT2D eigenvalue weighted by Crippen LogP contribution is 2.19. The second-order valence-electron chi connectivity index (χ2n) is 8.16. The summed E-state index contributed by atoms with van der Waals surface area (Å²) in [6.45, 7) is 4.22. The van der Waals surface area contributed by atoms with E-state index >= 15 is 0 Å². The Kier molecular flexibility index (Phi) is 17.8. The average Bonchev–Trinajstić information content (AvgIpc) is 2.62. The number of rotatable bonds is 20. The highest BCUT2D eigenvalue weighted by Gasteiger charge is 2.21. The van der Waals surface area contributed by atoms with E-state index in [-0.39, 0.29) is 6.10 Å². The summed E-state index contributed by atoms with van der Waals surface area (Å²) < 4.78 is 32.6. The summed E-state index contributed by atoms with van der Waals surface area (Å²) in [5.74, 6) is 0. The molecule has 2 unspecified atom stereocenters. The molecule has 2 N–H and O–H groups in total. The zero-order valence-corrected chi connectivity index (χ0v) is 18.8. The molecule has 0 radical (unpaired) electrons. The molecule has 0 aliphatic carbocycles. The molecule has 4 nitrogen and oxygen atoms in total. The van der Waals surface area contributed by atoms with E-state index in [4.69, 9.17) is 0 Å². The number of hydrogen-bond acceptors (Lipinski definition) is 3. The van der Waals surface area contributed by atoms with Crippen LogP contribution in [0.15, 0.2) is 0 Å². The van der Waals surface area contributed by atoms with Crippen LogP contribution < -0.4 is 0 Å². The van der Waals surface area contributed by atoms with Crippen molar-refractivity contribution in [1.29, 1.82) is 0 Å². The molecule has 0 spiro atoms. The molecule has 0 aromatic heterocycles. The van der Waals surface area contributed by atoms with Crippen LogP contribution in [-0.2, 0) is 10.1 Å². The maximum absolute atomic E-state index is 11.6. The molecule has 0 rings (SSSR count). The van der Waals surface area contributed by atoms with Crippen LogP contribution in [0.3, 0.4) is 0 Å². The third-order valence-corrected chi connectivity index (χ3v) is 6.90. The van der Waals surface area contributed by atoms with Crippen LogP contribution in [0.1, 0.15) is 129 Å². The minimum atomic E-state index is -3.91. The van der Waals surface area contributed by atoms with Crippen molar-refractivity contribution in [3.8, 4) is 0 Å². The van der Waals surface area contributed by atoms with Crippen molar-refractivity contribution in [3.63, 3.8) is 0 Å². The predicted octanol–water partition coefficient (Wildman–Crippen LogP) is 6.67. The lowest BCUT2D eigenvalue weighted by molar-refractivity contribution is 0.156. The fourth-order valence-electron chi connectivity index (χ4n) is 3.61. The highest BCUT2D eigenvalue weighted by atomic mass is 32.2. The summed E-state index contributed by atoms with van der Waals surface area (Å²) in [5, 5.41) is 8.94. The lowest BCUT2D eigenvalue weighted by Crippen LogP contribution is -2.20. The Hall–Kier alpha value is -0.130. The van der Waals surface area contributed by atoms with Crippen LogP contribution in [-0.4, -0.2) is 29.4 Å². The molecule has 0 aromatic rings. The molecule has 0 aliphatic heterocycles. The Bertz CT molecular complexity index is 409. The van der Waals surface area contributed by atoms with Gasteiger partial charge in [-0.3, -0.25) is 4.55 Å². The van der Waals surface area contributed by atoms with Gasteiger partial charge in [-0.15, -0.1) is 0 Å². The second kappa shape index (κ2) is 17.9. The van der Waals surface area contributed by atoms with E-state index in [2.05, 4.69) is 6.92 Å². The van der Waals surface area contributed by atoms with E-state index in [1.165, 1.54) is 51.4 Å². The lowest BCUT2D eigenvalue weighted by atomic mass is 10.0. The van der Waals surface area contributed by atoms with Gasteiger partial charge in [0.1, 0.15) is 0 Å². The van der Waals surface area contributed by atoms with Crippen LogP contribution in [0.4, 0.5) is 0 Å². The van der Waals surface area contributed by atoms with E-state index in [1.807, 2.05) is 6.92 Å². The number of aliphatic hydroxyl groups is 1. The van der Waals surface area contributed by atoms with Gasteiger partial charge in [0.2, 0.25) is 0 Å². The summed E-state index contributed by atoms with van der Waals surface area (Å²) in [6, 6.07) is 0. The molecule has 0 saturated carbocycles. The van der Waals surface area contributed by atoms with Crippen LogP contribution in [0, 0.1) is 0 Å². The molecule has 2 atom stereocenters. The maximum Gasteiger partial charge on any atom is 0.267 e. The van der Waals surface area contributed by atoms with Gasteiger partial charge in [-0.2, -0.15) is 8.42 Å². The van der Waals surface area contributed by atoms with E-state index in [9.17, 15) is 18.1 Å². The summed E-state index contributed by atoms with van der Waals surface area (Å²) in [6.07, 6.45) is 18.7. The summed E-state index contributed by atoms with van der Waals surface area (Å²) in [7, 11) is -3.91. The first kappa shape index (κ1) is 26.9. The average molecular weight is 407 g/mol. The molecule has 164 valence electrons. The first-order chi connectivity index (χ1) is 12.9. The fraction of sp³-hybridized carbons (Fsp3) is 1.00. The third-order valence-electron chi connectivity index (χ3n) is 5.59. The predicted molar refractivity (Wildman–Crippen MR) is 116 cm³/mol. The van der Waals surface area contributed by atoms with Crippen molar-refractivity contribution in [2.24, 2.45) is 0 Å². The molecule has 0 fully saturated rings. The van der Waals surface area contributed by atoms with Gasteiger partial charge >= 0.3 is 0 Å². The second-order valence-corrected chi connectivity index (χ2v) is 9.86. The molecular formula is C22H46O4S. The Balaban J connectivity index is 3.69. The lowest BCUT2D eigenvalue weighted by Gasteiger charge is -2.13. The minimum absolute atomic E-state index is 0.140. The molecular weight excluding hydrogens is 360 g/mol. The molecule has 0 saturated heterocycles. The van der Waals surface area contributed by atoms with Crippen molar-refractivity contribution in [3.05, 3.63) is 0 Å². The van der Waals surface area contributed by atoms with Gasteiger partial charge in [0.25, 0.3) is 10.1 Å². The summed E-state index contributed by atoms with van der Waals surface area (Å²) >= 11 is 0. The van der Waals surface area contributed by atoms with Crippen molar-refractivity contribution < 1.29 is 18.1 Å². The van der Waals surface area contributed by atoms with Crippen LogP contribution >= 0.6 is 0 Å². The topological polar surface area (TPSA) is 74.6 Å². The Labute approximate surface area is 169 Å². The number of unbranched alkanes of at least 4 members (excludes halogenated alkanes) is 12. The van der Waals surface area contributed by atoms with Gasteiger partial charge in [-0.25, -0.2) is 0 Å². The zero-order valence-electron chi connectivity index (χ0n) is 18.0. The van der Waals surface area contributed by atoms with Crippen LogP contribution in [0.2, 0.25) is 0 Å². The van der Waals surface area contributed by atoms with E-state index < -0.39 is 15.4 Å². The van der Waals surface area contributed by atoms with E-state index in [0.717, 1.165) is 51.4 Å². The molecule has 5 heteroatoms. The van der Waals surface area contributed by atoms with Crippen molar-refractivity contribution in [2.45, 2.75) is 141 Å². The maximum atomic E-state index is 11.6. The minimum Gasteiger partial charge on any atom is -0.393 e.